The largest absolute Gasteiger partial charge is 0.388 e. The van der Waals surface area contributed by atoms with Crippen molar-refractivity contribution in [1.29, 1.82) is 0 Å². The highest BCUT2D eigenvalue weighted by atomic mass is 79.9. The van der Waals surface area contributed by atoms with E-state index in [0.29, 0.717) is 0 Å². The Morgan fingerprint density at radius 3 is 2.56 bits per heavy atom. The van der Waals surface area contributed by atoms with Gasteiger partial charge in [-0.05, 0) is 49.0 Å². The molecule has 0 saturated carbocycles. The molecule has 2 heteroatoms. The lowest BCUT2D eigenvalue weighted by atomic mass is 9.92. The van der Waals surface area contributed by atoms with Crippen LogP contribution in [0.3, 0.4) is 0 Å². The Labute approximate surface area is 105 Å². The summed E-state index contributed by atoms with van der Waals surface area (Å²) in [6.07, 6.45) is 7.36. The van der Waals surface area contributed by atoms with Gasteiger partial charge in [0.1, 0.15) is 0 Å². The molecule has 16 heavy (non-hydrogen) atoms. The van der Waals surface area contributed by atoms with Gasteiger partial charge >= 0.3 is 0 Å². The summed E-state index contributed by atoms with van der Waals surface area (Å²) in [5.74, 6) is 0. The van der Waals surface area contributed by atoms with Gasteiger partial charge in [-0.1, -0.05) is 34.1 Å². The summed E-state index contributed by atoms with van der Waals surface area (Å²) in [5.41, 5.74) is 2.43. The summed E-state index contributed by atoms with van der Waals surface area (Å²) in [6.45, 7) is 0. The van der Waals surface area contributed by atoms with Gasteiger partial charge in [0, 0.05) is 10.9 Å². The fourth-order valence-electron chi connectivity index (χ4n) is 2.14. The molecule has 1 aliphatic rings. The molecule has 2 rings (SSSR count). The van der Waals surface area contributed by atoms with Crippen molar-refractivity contribution in [2.24, 2.45) is 0 Å². The Balaban J connectivity index is 1.98. The van der Waals surface area contributed by atoms with Crippen molar-refractivity contribution in [3.05, 3.63) is 46.0 Å². The molecule has 1 aromatic carbocycles. The lowest BCUT2D eigenvalue weighted by Crippen LogP contribution is -2.15. The minimum absolute atomic E-state index is 0.290. The molecule has 1 nitrogen and oxygen atoms in total. The maximum atomic E-state index is 10.1. The van der Waals surface area contributed by atoms with Crippen molar-refractivity contribution in [3.63, 3.8) is 0 Å². The second kappa shape index (κ2) is 5.65. The number of halogens is 1. The summed E-state index contributed by atoms with van der Waals surface area (Å²) >= 11 is 3.41. The molecule has 0 spiro atoms. The van der Waals surface area contributed by atoms with Crippen LogP contribution in [0, 0.1) is 0 Å². The molecule has 1 atom stereocenters. The summed E-state index contributed by atoms with van der Waals surface area (Å²) in [7, 11) is 0. The number of aliphatic hydroxyl groups excluding tert-OH is 1. The lowest BCUT2D eigenvalue weighted by molar-refractivity contribution is 0.204. The third kappa shape index (κ3) is 3.19. The highest BCUT2D eigenvalue weighted by Crippen LogP contribution is 2.22. The summed E-state index contributed by atoms with van der Waals surface area (Å²) in [4.78, 5) is 0. The van der Waals surface area contributed by atoms with Gasteiger partial charge < -0.3 is 5.11 Å². The molecular formula is C14H17BrO. The molecule has 0 fully saturated rings. The van der Waals surface area contributed by atoms with Crippen molar-refractivity contribution in [1.82, 2.24) is 0 Å². The average molecular weight is 281 g/mol. The molecule has 1 unspecified atom stereocenters. The number of aliphatic hydroxyl groups is 1. The predicted octanol–water partition coefficient (Wildman–Crippen LogP) is 3.85. The van der Waals surface area contributed by atoms with Crippen LogP contribution in [0.4, 0.5) is 0 Å². The van der Waals surface area contributed by atoms with E-state index in [-0.39, 0.29) is 6.10 Å². The van der Waals surface area contributed by atoms with Crippen molar-refractivity contribution in [3.8, 4) is 0 Å². The van der Waals surface area contributed by atoms with Crippen LogP contribution < -0.4 is 0 Å². The second-order valence-corrected chi connectivity index (χ2v) is 5.29. The monoisotopic (exact) mass is 280 g/mol. The molecule has 1 aliphatic carbocycles. The summed E-state index contributed by atoms with van der Waals surface area (Å²) in [5, 5.41) is 10.1. The van der Waals surface area contributed by atoms with E-state index >= 15 is 0 Å². The van der Waals surface area contributed by atoms with E-state index < -0.39 is 0 Å². The SMILES string of the molecule is OC(Cc1ccc(Br)cc1)C1=CCCCC1. The minimum Gasteiger partial charge on any atom is -0.388 e. The first-order valence-corrected chi connectivity index (χ1v) is 6.66. The predicted molar refractivity (Wildman–Crippen MR) is 70.4 cm³/mol. The fourth-order valence-corrected chi connectivity index (χ4v) is 2.40. The van der Waals surface area contributed by atoms with E-state index in [9.17, 15) is 5.11 Å². The maximum Gasteiger partial charge on any atom is 0.0790 e. The molecule has 0 aliphatic heterocycles. The molecule has 0 saturated heterocycles. The van der Waals surface area contributed by atoms with Gasteiger partial charge in [0.2, 0.25) is 0 Å². The molecule has 0 heterocycles. The van der Waals surface area contributed by atoms with Crippen LogP contribution in [0.1, 0.15) is 31.2 Å². The molecular weight excluding hydrogens is 264 g/mol. The number of hydrogen-bond donors (Lipinski definition) is 1. The highest BCUT2D eigenvalue weighted by Gasteiger charge is 2.13. The van der Waals surface area contributed by atoms with E-state index in [2.05, 4.69) is 34.1 Å². The molecule has 1 N–H and O–H groups in total. The van der Waals surface area contributed by atoms with E-state index in [1.165, 1.54) is 24.0 Å². The van der Waals surface area contributed by atoms with Crippen molar-refractivity contribution in [2.45, 2.75) is 38.2 Å². The Hall–Kier alpha value is -0.600. The average Bonchev–Trinajstić information content (AvgIpc) is 2.33. The van der Waals surface area contributed by atoms with Crippen molar-refractivity contribution >= 4 is 15.9 Å². The van der Waals surface area contributed by atoms with E-state index in [0.717, 1.165) is 23.7 Å². The smallest absolute Gasteiger partial charge is 0.0790 e. The van der Waals surface area contributed by atoms with Crippen molar-refractivity contribution in [2.75, 3.05) is 0 Å². The summed E-state index contributed by atoms with van der Waals surface area (Å²) in [6, 6.07) is 8.18. The first-order valence-electron chi connectivity index (χ1n) is 5.87. The van der Waals surface area contributed by atoms with E-state index in [1.807, 2.05) is 12.1 Å². The summed E-state index contributed by atoms with van der Waals surface area (Å²) < 4.78 is 1.09. The van der Waals surface area contributed by atoms with Crippen LogP contribution in [0.25, 0.3) is 0 Å². The number of benzene rings is 1. The third-order valence-corrected chi connectivity index (χ3v) is 3.63. The number of hydrogen-bond acceptors (Lipinski definition) is 1. The molecule has 0 radical (unpaired) electrons. The van der Waals surface area contributed by atoms with Crippen LogP contribution in [0.15, 0.2) is 40.4 Å². The molecule has 0 bridgehead atoms. The van der Waals surface area contributed by atoms with Gasteiger partial charge in [-0.15, -0.1) is 0 Å². The van der Waals surface area contributed by atoms with E-state index in [1.54, 1.807) is 0 Å². The first kappa shape index (κ1) is 11.9. The van der Waals surface area contributed by atoms with Crippen LogP contribution in [-0.2, 0) is 6.42 Å². The maximum absolute atomic E-state index is 10.1. The van der Waals surface area contributed by atoms with E-state index in [4.69, 9.17) is 0 Å². The Bertz CT molecular complexity index is 367. The first-order chi connectivity index (χ1) is 7.75. The third-order valence-electron chi connectivity index (χ3n) is 3.10. The van der Waals surface area contributed by atoms with Gasteiger partial charge in [0.05, 0.1) is 6.10 Å². The Morgan fingerprint density at radius 2 is 1.94 bits per heavy atom. The zero-order valence-electron chi connectivity index (χ0n) is 9.32. The quantitative estimate of drug-likeness (QED) is 0.834. The van der Waals surface area contributed by atoms with Crippen LogP contribution in [-0.4, -0.2) is 11.2 Å². The van der Waals surface area contributed by atoms with Gasteiger partial charge in [-0.3, -0.25) is 0 Å². The zero-order chi connectivity index (χ0) is 11.4. The molecule has 0 aromatic heterocycles. The molecule has 1 aromatic rings. The van der Waals surface area contributed by atoms with Crippen LogP contribution >= 0.6 is 15.9 Å². The fraction of sp³-hybridized carbons (Fsp3) is 0.429. The Kier molecular flexibility index (Phi) is 4.19. The highest BCUT2D eigenvalue weighted by molar-refractivity contribution is 9.10. The molecule has 86 valence electrons. The van der Waals surface area contributed by atoms with Gasteiger partial charge in [0.25, 0.3) is 0 Å². The van der Waals surface area contributed by atoms with Gasteiger partial charge in [-0.25, -0.2) is 0 Å². The lowest BCUT2D eigenvalue weighted by Gasteiger charge is -2.18. The topological polar surface area (TPSA) is 20.2 Å². The normalized spacial score (nSPS) is 18.0. The molecule has 0 amide bonds. The van der Waals surface area contributed by atoms with Crippen molar-refractivity contribution < 1.29 is 5.11 Å². The number of rotatable bonds is 3. The van der Waals surface area contributed by atoms with Gasteiger partial charge in [0.15, 0.2) is 0 Å². The van der Waals surface area contributed by atoms with Crippen LogP contribution in [0.5, 0.6) is 0 Å². The van der Waals surface area contributed by atoms with Crippen LogP contribution in [0.2, 0.25) is 0 Å². The number of allylic oxidation sites excluding steroid dienone is 1. The zero-order valence-corrected chi connectivity index (χ0v) is 10.9. The Morgan fingerprint density at radius 1 is 1.19 bits per heavy atom. The second-order valence-electron chi connectivity index (χ2n) is 4.37. The standard InChI is InChI=1S/C14H17BrO/c15-13-8-6-11(7-9-13)10-14(16)12-4-2-1-3-5-12/h4,6-9,14,16H,1-3,5,10H2. The minimum atomic E-state index is -0.290. The van der Waals surface area contributed by atoms with Gasteiger partial charge in [-0.2, -0.15) is 0 Å².